The van der Waals surface area contributed by atoms with Crippen LogP contribution in [0, 0.1) is 40.4 Å². The fourth-order valence-electron chi connectivity index (χ4n) is 9.24. The third kappa shape index (κ3) is 6.80. The minimum Gasteiger partial charge on any atom is -0.463 e. The molecule has 0 spiro atoms. The maximum atomic E-state index is 12.5. The first kappa shape index (κ1) is 31.9. The third-order valence-electron chi connectivity index (χ3n) is 10.9. The summed E-state index contributed by atoms with van der Waals surface area (Å²) in [6.45, 7) is 13.4. The molecular formula is C31H52O8. The molecule has 3 fully saturated rings. The van der Waals surface area contributed by atoms with Gasteiger partial charge in [-0.15, -0.1) is 0 Å². The molecule has 0 heterocycles. The highest BCUT2D eigenvalue weighted by Gasteiger charge is 2.67. The lowest BCUT2D eigenvalue weighted by atomic mass is 9.45. The lowest BCUT2D eigenvalue weighted by molar-refractivity contribution is -0.217. The van der Waals surface area contributed by atoms with Crippen molar-refractivity contribution in [3.05, 3.63) is 0 Å². The van der Waals surface area contributed by atoms with Gasteiger partial charge >= 0.3 is 17.9 Å². The van der Waals surface area contributed by atoms with Gasteiger partial charge in [0.1, 0.15) is 18.3 Å². The zero-order chi connectivity index (χ0) is 29.1. The Bertz CT molecular complexity index is 873. The molecule has 39 heavy (non-hydrogen) atoms. The Balaban J connectivity index is 2.07. The highest BCUT2D eigenvalue weighted by atomic mass is 16.6. The molecule has 0 aromatic carbocycles. The van der Waals surface area contributed by atoms with E-state index in [4.69, 9.17) is 14.2 Å². The van der Waals surface area contributed by atoms with Crippen molar-refractivity contribution in [2.75, 3.05) is 0 Å². The van der Waals surface area contributed by atoms with Crippen LogP contribution in [0.4, 0.5) is 0 Å². The minimum atomic E-state index is -1.33. The molecule has 0 aromatic heterocycles. The van der Waals surface area contributed by atoms with Gasteiger partial charge in [0, 0.05) is 31.6 Å². The molecule has 0 radical (unpaired) electrons. The van der Waals surface area contributed by atoms with Crippen molar-refractivity contribution in [3.8, 4) is 0 Å². The average Bonchev–Trinajstić information content (AvgIpc) is 3.19. The van der Waals surface area contributed by atoms with E-state index < -0.39 is 6.29 Å². The second-order valence-corrected chi connectivity index (χ2v) is 13.3. The van der Waals surface area contributed by atoms with Gasteiger partial charge in [-0.25, -0.2) is 0 Å². The second kappa shape index (κ2) is 12.9. The van der Waals surface area contributed by atoms with Crippen molar-refractivity contribution in [2.45, 2.75) is 137 Å². The molecule has 0 amide bonds. The minimum absolute atomic E-state index is 0.147. The van der Waals surface area contributed by atoms with Crippen molar-refractivity contribution in [1.82, 2.24) is 0 Å². The number of rotatable bonds is 7. The molecule has 224 valence electrons. The van der Waals surface area contributed by atoms with Crippen LogP contribution in [0.3, 0.4) is 0 Å². The predicted octanol–water partition coefficient (Wildman–Crippen LogP) is 5.17. The molecule has 3 rings (SSSR count). The highest BCUT2D eigenvalue weighted by Crippen LogP contribution is 2.68. The van der Waals surface area contributed by atoms with Crippen molar-refractivity contribution in [1.29, 1.82) is 0 Å². The highest BCUT2D eigenvalue weighted by molar-refractivity contribution is 5.67. The van der Waals surface area contributed by atoms with Crippen LogP contribution >= 0.6 is 0 Å². The molecule has 3 unspecified atom stereocenters. The number of fused-ring (bicyclic) bond motifs is 3. The Labute approximate surface area is 234 Å². The van der Waals surface area contributed by atoms with Crippen LogP contribution in [0.5, 0.6) is 0 Å². The number of esters is 3. The van der Waals surface area contributed by atoms with Crippen LogP contribution < -0.4 is 0 Å². The van der Waals surface area contributed by atoms with Gasteiger partial charge in [-0.05, 0) is 93.8 Å². The van der Waals surface area contributed by atoms with Crippen LogP contribution in [0.25, 0.3) is 0 Å². The van der Waals surface area contributed by atoms with E-state index in [0.717, 1.165) is 38.5 Å². The van der Waals surface area contributed by atoms with Crippen LogP contribution in [0.1, 0.15) is 113 Å². The summed E-state index contributed by atoms with van der Waals surface area (Å²) in [5.74, 6) is 0.163. The van der Waals surface area contributed by atoms with Crippen LogP contribution in [0.2, 0.25) is 0 Å². The van der Waals surface area contributed by atoms with Gasteiger partial charge in [0.2, 0.25) is 0 Å². The maximum Gasteiger partial charge on any atom is 0.302 e. The van der Waals surface area contributed by atoms with Gasteiger partial charge in [-0.1, -0.05) is 27.7 Å². The Kier molecular flexibility index (Phi) is 10.5. The number of hydrogen-bond donors (Lipinski definition) is 2. The third-order valence-corrected chi connectivity index (χ3v) is 10.9. The fourth-order valence-corrected chi connectivity index (χ4v) is 9.24. The lowest BCUT2D eigenvalue weighted by Crippen LogP contribution is -2.62. The van der Waals surface area contributed by atoms with E-state index in [1.807, 2.05) is 0 Å². The number of aliphatic hydroxyl groups excluding tert-OH is 1. The van der Waals surface area contributed by atoms with E-state index >= 15 is 0 Å². The molecule has 0 aromatic rings. The van der Waals surface area contributed by atoms with Crippen LogP contribution in [0.15, 0.2) is 0 Å². The summed E-state index contributed by atoms with van der Waals surface area (Å²) in [6, 6.07) is 0. The van der Waals surface area contributed by atoms with Crippen molar-refractivity contribution in [3.63, 3.8) is 0 Å². The molecule has 0 bridgehead atoms. The molecule has 8 nitrogen and oxygen atoms in total. The number of hydrogen-bond acceptors (Lipinski definition) is 8. The van der Waals surface area contributed by atoms with Crippen LogP contribution in [-0.4, -0.2) is 52.7 Å². The van der Waals surface area contributed by atoms with Gasteiger partial charge in [-0.3, -0.25) is 14.4 Å². The lowest BCUT2D eigenvalue weighted by Gasteiger charge is -2.61. The summed E-state index contributed by atoms with van der Waals surface area (Å²) in [7, 11) is 0. The number of aliphatic hydroxyl groups is 2. The predicted molar refractivity (Wildman–Crippen MR) is 146 cm³/mol. The molecule has 0 saturated heterocycles. The van der Waals surface area contributed by atoms with Gasteiger partial charge < -0.3 is 24.4 Å². The normalized spacial score (nSPS) is 39.7. The Morgan fingerprint density at radius 2 is 1.41 bits per heavy atom. The van der Waals surface area contributed by atoms with Gasteiger partial charge in [-0.2, -0.15) is 0 Å². The zero-order valence-corrected chi connectivity index (χ0v) is 25.1. The topological polar surface area (TPSA) is 119 Å². The number of carbonyl (C=O) groups excluding carboxylic acids is 3. The molecule has 3 aliphatic carbocycles. The average molecular weight is 553 g/mol. The summed E-state index contributed by atoms with van der Waals surface area (Å²) in [4.78, 5) is 36.6. The Morgan fingerprint density at radius 3 is 2.00 bits per heavy atom. The Hall–Kier alpha value is -1.67. The van der Waals surface area contributed by atoms with E-state index in [1.165, 1.54) is 20.8 Å². The number of ether oxygens (including phenoxy) is 3. The standard InChI is InChI=1S/C31H52O8/c1-18(12-16-29(35)36)24-14-15-26-30(24,6)28(39-22(5)34)17-25-19(2)11-13-23(37-20(3)32)9-8-10-27(31(25,26)7)38-21(4)33/h18-19,23-29,35-36H,8-17H2,1-7H3/t18-,19?,23+,24?,25-,26?,27-,28+,30-,31-/m1/s1. The first-order chi connectivity index (χ1) is 18.2. The summed E-state index contributed by atoms with van der Waals surface area (Å²) in [5.41, 5.74) is -0.658. The quantitative estimate of drug-likeness (QED) is 0.252. The molecule has 10 atom stereocenters. The molecule has 0 aliphatic heterocycles. The SMILES string of the molecule is CC(=O)O[C@H]1CCC[C@@H](OC(C)=O)[C@@]2(C)C3CCC([C@H](C)CCC(O)O)[C@@]3(C)[C@@H](OC(C)=O)C[C@@H]2C(C)CC1. The van der Waals surface area contributed by atoms with E-state index in [-0.39, 0.29) is 76.6 Å². The largest absolute Gasteiger partial charge is 0.463 e. The monoisotopic (exact) mass is 552 g/mol. The van der Waals surface area contributed by atoms with Crippen molar-refractivity contribution in [2.24, 2.45) is 40.4 Å². The van der Waals surface area contributed by atoms with E-state index in [9.17, 15) is 24.6 Å². The summed E-state index contributed by atoms with van der Waals surface area (Å²) in [6.07, 6.45) is 5.40. The molecule has 8 heteroatoms. The maximum absolute atomic E-state index is 12.5. The van der Waals surface area contributed by atoms with Gasteiger partial charge in [0.15, 0.2) is 6.29 Å². The van der Waals surface area contributed by atoms with Crippen molar-refractivity contribution >= 4 is 17.9 Å². The summed E-state index contributed by atoms with van der Waals surface area (Å²) < 4.78 is 18.0. The fraction of sp³-hybridized carbons (Fsp3) is 0.903. The molecular weight excluding hydrogens is 500 g/mol. The number of carbonyl (C=O) groups is 3. The smallest absolute Gasteiger partial charge is 0.302 e. The van der Waals surface area contributed by atoms with E-state index in [2.05, 4.69) is 27.7 Å². The molecule has 3 saturated carbocycles. The van der Waals surface area contributed by atoms with E-state index in [0.29, 0.717) is 25.7 Å². The Morgan fingerprint density at radius 1 is 0.795 bits per heavy atom. The van der Waals surface area contributed by atoms with E-state index in [1.54, 1.807) is 0 Å². The zero-order valence-electron chi connectivity index (χ0n) is 25.1. The first-order valence-corrected chi connectivity index (χ1v) is 15.1. The molecule has 3 aliphatic rings. The van der Waals surface area contributed by atoms with Crippen molar-refractivity contribution < 1.29 is 38.8 Å². The first-order valence-electron chi connectivity index (χ1n) is 15.1. The summed E-state index contributed by atoms with van der Waals surface area (Å²) >= 11 is 0. The summed E-state index contributed by atoms with van der Waals surface area (Å²) in [5, 5.41) is 19.1. The van der Waals surface area contributed by atoms with Crippen LogP contribution in [-0.2, 0) is 28.6 Å². The second-order valence-electron chi connectivity index (χ2n) is 13.3. The molecule has 2 N–H and O–H groups in total. The van der Waals surface area contributed by atoms with Gasteiger partial charge in [0.25, 0.3) is 0 Å². The van der Waals surface area contributed by atoms with Gasteiger partial charge in [0.05, 0.1) is 0 Å².